The average Bonchev–Trinajstić information content (AvgIpc) is 2.68. The third kappa shape index (κ3) is 4.62. The van der Waals surface area contributed by atoms with E-state index in [0.717, 1.165) is 32.7 Å². The molecule has 0 aromatic rings. The minimum Gasteiger partial charge on any atom is -0.355 e. The van der Waals surface area contributed by atoms with Crippen LogP contribution in [0.5, 0.6) is 0 Å². The minimum atomic E-state index is 0.0657. The van der Waals surface area contributed by atoms with Gasteiger partial charge in [-0.15, -0.1) is 0 Å². The second kappa shape index (κ2) is 6.80. The van der Waals surface area contributed by atoms with E-state index in [4.69, 9.17) is 0 Å². The van der Waals surface area contributed by atoms with Gasteiger partial charge in [-0.25, -0.2) is 0 Å². The average molecular weight is 213 g/mol. The molecule has 0 radical (unpaired) electrons. The van der Waals surface area contributed by atoms with Gasteiger partial charge in [0.2, 0.25) is 5.91 Å². The van der Waals surface area contributed by atoms with Crippen molar-refractivity contribution >= 4 is 5.91 Å². The summed E-state index contributed by atoms with van der Waals surface area (Å²) in [5.41, 5.74) is 0. The van der Waals surface area contributed by atoms with Crippen molar-refractivity contribution in [1.82, 2.24) is 15.5 Å². The van der Waals surface area contributed by atoms with Crippen LogP contribution in [0, 0.1) is 0 Å². The second-order valence-electron chi connectivity index (χ2n) is 4.17. The number of rotatable bonds is 6. The van der Waals surface area contributed by atoms with Crippen LogP contribution in [0.3, 0.4) is 0 Å². The van der Waals surface area contributed by atoms with Crippen LogP contribution in [0.2, 0.25) is 0 Å². The Morgan fingerprint density at radius 3 is 2.87 bits per heavy atom. The van der Waals surface area contributed by atoms with Crippen LogP contribution in [0.4, 0.5) is 0 Å². The fraction of sp³-hybridized carbons (Fsp3) is 0.909. The van der Waals surface area contributed by atoms with E-state index in [1.807, 2.05) is 0 Å². The number of nitrogens with one attached hydrogen (secondary N) is 2. The van der Waals surface area contributed by atoms with Gasteiger partial charge in [-0.1, -0.05) is 6.92 Å². The third-order valence-electron chi connectivity index (χ3n) is 2.83. The summed E-state index contributed by atoms with van der Waals surface area (Å²) in [7, 11) is 0. The van der Waals surface area contributed by atoms with Crippen LogP contribution in [-0.2, 0) is 4.79 Å². The lowest BCUT2D eigenvalue weighted by molar-refractivity contribution is -0.119. The topological polar surface area (TPSA) is 44.4 Å². The Labute approximate surface area is 92.4 Å². The van der Waals surface area contributed by atoms with E-state index >= 15 is 0 Å². The molecule has 1 unspecified atom stereocenters. The second-order valence-corrected chi connectivity index (χ2v) is 4.17. The van der Waals surface area contributed by atoms with Gasteiger partial charge in [-0.05, 0) is 25.9 Å². The molecule has 0 bridgehead atoms. The monoisotopic (exact) mass is 213 g/mol. The molecule has 1 heterocycles. The molecule has 4 nitrogen and oxygen atoms in total. The summed E-state index contributed by atoms with van der Waals surface area (Å²) in [6, 6.07) is 0.665. The molecule has 1 rings (SSSR count). The van der Waals surface area contributed by atoms with E-state index in [1.54, 1.807) is 6.92 Å². The molecule has 1 aliphatic heterocycles. The molecule has 1 aliphatic rings. The molecule has 88 valence electrons. The lowest BCUT2D eigenvalue weighted by Crippen LogP contribution is -2.42. The first-order chi connectivity index (χ1) is 7.24. The molecule has 0 aromatic heterocycles. The normalized spacial score (nSPS) is 20.9. The highest BCUT2D eigenvalue weighted by Gasteiger charge is 2.20. The number of carbonyl (C=O) groups is 1. The van der Waals surface area contributed by atoms with E-state index in [2.05, 4.69) is 22.5 Å². The summed E-state index contributed by atoms with van der Waals surface area (Å²) in [5.74, 6) is 0.0657. The Kier molecular flexibility index (Phi) is 5.65. The largest absolute Gasteiger partial charge is 0.355 e. The maximum Gasteiger partial charge on any atom is 0.216 e. The van der Waals surface area contributed by atoms with Crippen molar-refractivity contribution in [3.63, 3.8) is 0 Å². The first-order valence-corrected chi connectivity index (χ1v) is 5.93. The Morgan fingerprint density at radius 1 is 1.53 bits per heavy atom. The van der Waals surface area contributed by atoms with Crippen molar-refractivity contribution in [2.24, 2.45) is 0 Å². The number of carbonyl (C=O) groups excluding carboxylic acids is 1. The van der Waals surface area contributed by atoms with Crippen LogP contribution in [-0.4, -0.2) is 49.6 Å². The molecule has 0 aromatic carbocycles. The molecule has 0 saturated carbocycles. The highest BCUT2D eigenvalue weighted by molar-refractivity contribution is 5.72. The first-order valence-electron chi connectivity index (χ1n) is 5.93. The fourth-order valence-corrected chi connectivity index (χ4v) is 2.09. The zero-order chi connectivity index (χ0) is 11.1. The molecule has 1 atom stereocenters. The molecule has 0 spiro atoms. The highest BCUT2D eigenvalue weighted by atomic mass is 16.1. The van der Waals surface area contributed by atoms with Gasteiger partial charge in [0.15, 0.2) is 0 Å². The summed E-state index contributed by atoms with van der Waals surface area (Å²) in [6.45, 7) is 8.87. The number of amides is 1. The van der Waals surface area contributed by atoms with Crippen molar-refractivity contribution in [2.75, 3.05) is 32.7 Å². The van der Waals surface area contributed by atoms with Crippen LogP contribution >= 0.6 is 0 Å². The summed E-state index contributed by atoms with van der Waals surface area (Å²) in [6.07, 6.45) is 2.41. The van der Waals surface area contributed by atoms with Crippen molar-refractivity contribution in [2.45, 2.75) is 32.7 Å². The van der Waals surface area contributed by atoms with Gasteiger partial charge < -0.3 is 10.6 Å². The molecule has 4 heteroatoms. The summed E-state index contributed by atoms with van der Waals surface area (Å²) < 4.78 is 0. The van der Waals surface area contributed by atoms with Gasteiger partial charge in [0.05, 0.1) is 0 Å². The van der Waals surface area contributed by atoms with E-state index < -0.39 is 0 Å². The Morgan fingerprint density at radius 2 is 2.33 bits per heavy atom. The van der Waals surface area contributed by atoms with Gasteiger partial charge in [-0.2, -0.15) is 0 Å². The predicted molar refractivity (Wildman–Crippen MR) is 61.8 cm³/mol. The lowest BCUT2D eigenvalue weighted by Gasteiger charge is -2.27. The van der Waals surface area contributed by atoms with Gasteiger partial charge in [0.1, 0.15) is 0 Å². The number of hydrogen-bond acceptors (Lipinski definition) is 3. The maximum absolute atomic E-state index is 10.8. The zero-order valence-electron chi connectivity index (χ0n) is 9.88. The third-order valence-corrected chi connectivity index (χ3v) is 2.83. The van der Waals surface area contributed by atoms with Crippen LogP contribution < -0.4 is 10.6 Å². The Balaban J connectivity index is 2.26. The molecule has 0 aliphatic carbocycles. The van der Waals surface area contributed by atoms with Gasteiger partial charge in [0, 0.05) is 32.6 Å². The predicted octanol–water partition coefficient (Wildman–Crippen LogP) is 0.196. The molecule has 15 heavy (non-hydrogen) atoms. The number of hydrogen-bond donors (Lipinski definition) is 2. The molecule has 1 saturated heterocycles. The van der Waals surface area contributed by atoms with E-state index in [0.29, 0.717) is 6.04 Å². The van der Waals surface area contributed by atoms with Crippen LogP contribution in [0.25, 0.3) is 0 Å². The maximum atomic E-state index is 10.8. The number of nitrogens with zero attached hydrogens (tertiary/aromatic N) is 1. The molecule has 1 amide bonds. The van der Waals surface area contributed by atoms with Crippen molar-refractivity contribution in [3.05, 3.63) is 0 Å². The summed E-state index contributed by atoms with van der Waals surface area (Å²) >= 11 is 0. The Hall–Kier alpha value is -0.610. The standard InChI is InChI=1S/C11H23N3O/c1-3-7-14(8-6-13-10(2)15)11-4-5-12-9-11/h11-12H,3-9H2,1-2H3,(H,13,15). The van der Waals surface area contributed by atoms with Gasteiger partial charge in [0.25, 0.3) is 0 Å². The minimum absolute atomic E-state index is 0.0657. The quantitative estimate of drug-likeness (QED) is 0.662. The van der Waals surface area contributed by atoms with Gasteiger partial charge in [-0.3, -0.25) is 9.69 Å². The molecular weight excluding hydrogens is 190 g/mol. The summed E-state index contributed by atoms with van der Waals surface area (Å²) in [4.78, 5) is 13.2. The van der Waals surface area contributed by atoms with Crippen molar-refractivity contribution < 1.29 is 4.79 Å². The molecule has 1 fully saturated rings. The van der Waals surface area contributed by atoms with Crippen molar-refractivity contribution in [3.8, 4) is 0 Å². The molecule has 2 N–H and O–H groups in total. The van der Waals surface area contributed by atoms with E-state index in [1.165, 1.54) is 12.8 Å². The highest BCUT2D eigenvalue weighted by Crippen LogP contribution is 2.08. The van der Waals surface area contributed by atoms with Crippen LogP contribution in [0.15, 0.2) is 0 Å². The smallest absolute Gasteiger partial charge is 0.216 e. The fourth-order valence-electron chi connectivity index (χ4n) is 2.09. The van der Waals surface area contributed by atoms with Gasteiger partial charge >= 0.3 is 0 Å². The van der Waals surface area contributed by atoms with E-state index in [9.17, 15) is 4.79 Å². The van der Waals surface area contributed by atoms with Crippen LogP contribution in [0.1, 0.15) is 26.7 Å². The molecular formula is C11H23N3O. The van der Waals surface area contributed by atoms with Crippen molar-refractivity contribution in [1.29, 1.82) is 0 Å². The summed E-state index contributed by atoms with van der Waals surface area (Å²) in [5, 5.41) is 6.24. The first kappa shape index (κ1) is 12.5. The van der Waals surface area contributed by atoms with E-state index in [-0.39, 0.29) is 5.91 Å². The SMILES string of the molecule is CCCN(CCNC(C)=O)C1CCNC1. The zero-order valence-corrected chi connectivity index (χ0v) is 9.88. The lowest BCUT2D eigenvalue weighted by atomic mass is 10.2. The Bertz CT molecular complexity index is 190.